The van der Waals surface area contributed by atoms with E-state index in [9.17, 15) is 18.0 Å². The molecule has 1 N–H and O–H groups in total. The molecule has 1 aromatic heterocycles. The van der Waals surface area contributed by atoms with Gasteiger partial charge in [-0.3, -0.25) is 9.69 Å². The van der Waals surface area contributed by atoms with Crippen molar-refractivity contribution in [1.82, 2.24) is 10.2 Å². The van der Waals surface area contributed by atoms with Crippen LogP contribution in [0.1, 0.15) is 52.4 Å². The minimum Gasteiger partial charge on any atom is -0.455 e. The van der Waals surface area contributed by atoms with Gasteiger partial charge in [0.15, 0.2) is 5.76 Å². The van der Waals surface area contributed by atoms with E-state index >= 15 is 0 Å². The van der Waals surface area contributed by atoms with Crippen LogP contribution in [0, 0.1) is 6.92 Å². The van der Waals surface area contributed by atoms with Crippen molar-refractivity contribution in [2.45, 2.75) is 52.6 Å². The number of nitrogens with one attached hydrogen (secondary N) is 1. The van der Waals surface area contributed by atoms with Crippen LogP contribution in [0.3, 0.4) is 0 Å². The number of halogens is 3. The molecule has 0 atom stereocenters. The summed E-state index contributed by atoms with van der Waals surface area (Å²) in [6.45, 7) is 7.51. The second-order valence-electron chi connectivity index (χ2n) is 8.13. The van der Waals surface area contributed by atoms with E-state index in [1.807, 2.05) is 6.07 Å². The molecule has 0 radical (unpaired) electrons. The van der Waals surface area contributed by atoms with Gasteiger partial charge in [0, 0.05) is 19.1 Å². The molecule has 0 saturated heterocycles. The van der Waals surface area contributed by atoms with Gasteiger partial charge in [0.25, 0.3) is 5.91 Å². The molecule has 0 fully saturated rings. The summed E-state index contributed by atoms with van der Waals surface area (Å²) in [5.41, 5.74) is 2.02. The van der Waals surface area contributed by atoms with Crippen LogP contribution in [0.2, 0.25) is 0 Å². The molecule has 0 aliphatic rings. The molecule has 1 heterocycles. The number of amides is 1. The molecule has 4 nitrogen and oxygen atoms in total. The van der Waals surface area contributed by atoms with E-state index in [-0.39, 0.29) is 18.3 Å². The number of carbonyl (C=O) groups is 1. The van der Waals surface area contributed by atoms with Gasteiger partial charge < -0.3 is 9.73 Å². The average molecular weight is 444 g/mol. The molecule has 1 amide bonds. The van der Waals surface area contributed by atoms with Crippen LogP contribution in [-0.4, -0.2) is 16.8 Å². The Kier molecular flexibility index (Phi) is 7.40. The van der Waals surface area contributed by atoms with Crippen molar-refractivity contribution in [1.29, 1.82) is 0 Å². The minimum absolute atomic E-state index is 0.0235. The molecular weight excluding hydrogens is 417 g/mol. The highest BCUT2D eigenvalue weighted by atomic mass is 19.4. The van der Waals surface area contributed by atoms with E-state index in [2.05, 4.69) is 49.2 Å². The highest BCUT2D eigenvalue weighted by Crippen LogP contribution is 2.29. The van der Waals surface area contributed by atoms with Gasteiger partial charge in [-0.05, 0) is 56.2 Å². The number of hydrogen-bond acceptors (Lipinski definition) is 3. The van der Waals surface area contributed by atoms with Gasteiger partial charge >= 0.3 is 6.18 Å². The molecule has 0 aliphatic heterocycles. The average Bonchev–Trinajstić information content (AvgIpc) is 3.20. The van der Waals surface area contributed by atoms with Crippen molar-refractivity contribution in [2.75, 3.05) is 0 Å². The number of alkyl halides is 3. The van der Waals surface area contributed by atoms with E-state index < -0.39 is 17.6 Å². The second-order valence-corrected chi connectivity index (χ2v) is 8.13. The summed E-state index contributed by atoms with van der Waals surface area (Å²) in [4.78, 5) is 14.7. The lowest BCUT2D eigenvalue weighted by Crippen LogP contribution is -2.29. The van der Waals surface area contributed by atoms with Crippen molar-refractivity contribution in [2.24, 2.45) is 0 Å². The smallest absolute Gasteiger partial charge is 0.416 e. The number of benzene rings is 2. The Bertz CT molecular complexity index is 1060. The maximum absolute atomic E-state index is 12.8. The standard InChI is InChI=1S/C25H27F3N2O2/c1-17(2)30(15-20-8-4-6-18(3)12-20)16-22-10-11-23(32-22)24(31)29-14-19-7-5-9-21(13-19)25(26,27)28/h4-13,17H,14-16H2,1-3H3,(H,29,31). The lowest BCUT2D eigenvalue weighted by Gasteiger charge is -2.25. The summed E-state index contributed by atoms with van der Waals surface area (Å²) in [5.74, 6) is 0.310. The third-order valence-electron chi connectivity index (χ3n) is 5.15. The molecule has 0 bridgehead atoms. The van der Waals surface area contributed by atoms with Crippen LogP contribution < -0.4 is 5.32 Å². The Morgan fingerprint density at radius 2 is 1.72 bits per heavy atom. The molecule has 0 unspecified atom stereocenters. The summed E-state index contributed by atoms with van der Waals surface area (Å²) in [5, 5.41) is 2.62. The first-order chi connectivity index (χ1) is 15.1. The summed E-state index contributed by atoms with van der Waals surface area (Å²) in [7, 11) is 0. The van der Waals surface area contributed by atoms with E-state index in [4.69, 9.17) is 4.42 Å². The number of aryl methyl sites for hydroxylation is 1. The zero-order valence-electron chi connectivity index (χ0n) is 18.4. The summed E-state index contributed by atoms with van der Waals surface area (Å²) in [6.07, 6.45) is -4.42. The number of hydrogen-bond donors (Lipinski definition) is 1. The second kappa shape index (κ2) is 10.0. The molecule has 3 aromatic rings. The first kappa shape index (κ1) is 23.6. The lowest BCUT2D eigenvalue weighted by atomic mass is 10.1. The quantitative estimate of drug-likeness (QED) is 0.467. The number of furan rings is 1. The molecule has 7 heteroatoms. The summed E-state index contributed by atoms with van der Waals surface area (Å²) >= 11 is 0. The SMILES string of the molecule is Cc1cccc(CN(Cc2ccc(C(=O)NCc3cccc(C(F)(F)F)c3)o2)C(C)C)c1. The van der Waals surface area contributed by atoms with Gasteiger partial charge in [0.2, 0.25) is 0 Å². The van der Waals surface area contributed by atoms with Gasteiger partial charge in [-0.15, -0.1) is 0 Å². The zero-order chi connectivity index (χ0) is 23.3. The predicted octanol–water partition coefficient (Wildman–Crippen LogP) is 5.95. The third kappa shape index (κ3) is 6.47. The monoisotopic (exact) mass is 444 g/mol. The summed E-state index contributed by atoms with van der Waals surface area (Å²) < 4.78 is 44.3. The molecule has 2 aromatic carbocycles. The molecule has 170 valence electrons. The van der Waals surface area contributed by atoms with Crippen molar-refractivity contribution in [3.63, 3.8) is 0 Å². The van der Waals surface area contributed by atoms with E-state index in [1.165, 1.54) is 23.3 Å². The third-order valence-corrected chi connectivity index (χ3v) is 5.15. The molecule has 0 saturated carbocycles. The van der Waals surface area contributed by atoms with Gasteiger partial charge in [0.1, 0.15) is 5.76 Å². The Labute approximate surface area is 186 Å². The van der Waals surface area contributed by atoms with Crippen LogP contribution in [0.4, 0.5) is 13.2 Å². The van der Waals surface area contributed by atoms with Crippen LogP contribution in [0.25, 0.3) is 0 Å². The maximum atomic E-state index is 12.8. The van der Waals surface area contributed by atoms with Crippen molar-refractivity contribution in [3.05, 3.63) is 94.4 Å². The minimum atomic E-state index is -4.42. The van der Waals surface area contributed by atoms with Gasteiger partial charge in [-0.1, -0.05) is 42.0 Å². The topological polar surface area (TPSA) is 45.5 Å². The van der Waals surface area contributed by atoms with Crippen LogP contribution in [0.5, 0.6) is 0 Å². The normalized spacial score (nSPS) is 11.9. The molecule has 3 rings (SSSR count). The van der Waals surface area contributed by atoms with E-state index in [0.29, 0.717) is 17.9 Å². The lowest BCUT2D eigenvalue weighted by molar-refractivity contribution is -0.137. The van der Waals surface area contributed by atoms with E-state index in [0.717, 1.165) is 18.7 Å². The fraction of sp³-hybridized carbons (Fsp3) is 0.320. The molecule has 0 spiro atoms. The van der Waals surface area contributed by atoms with Gasteiger partial charge in [-0.2, -0.15) is 13.2 Å². The fourth-order valence-electron chi connectivity index (χ4n) is 3.38. The number of carbonyl (C=O) groups excluding carboxylic acids is 1. The number of nitrogens with zero attached hydrogens (tertiary/aromatic N) is 1. The molecular formula is C25H27F3N2O2. The van der Waals surface area contributed by atoms with Gasteiger partial charge in [0.05, 0.1) is 12.1 Å². The van der Waals surface area contributed by atoms with Crippen LogP contribution >= 0.6 is 0 Å². The first-order valence-corrected chi connectivity index (χ1v) is 10.4. The molecule has 32 heavy (non-hydrogen) atoms. The predicted molar refractivity (Wildman–Crippen MR) is 117 cm³/mol. The zero-order valence-corrected chi connectivity index (χ0v) is 18.4. The van der Waals surface area contributed by atoms with Crippen LogP contribution in [-0.2, 0) is 25.8 Å². The van der Waals surface area contributed by atoms with E-state index in [1.54, 1.807) is 12.1 Å². The largest absolute Gasteiger partial charge is 0.455 e. The van der Waals surface area contributed by atoms with Gasteiger partial charge in [-0.25, -0.2) is 0 Å². The molecule has 0 aliphatic carbocycles. The number of rotatable bonds is 8. The summed E-state index contributed by atoms with van der Waals surface area (Å²) in [6, 6.07) is 16.8. The Morgan fingerprint density at radius 1 is 1.00 bits per heavy atom. The van der Waals surface area contributed by atoms with Crippen LogP contribution in [0.15, 0.2) is 65.1 Å². The Balaban J connectivity index is 1.61. The first-order valence-electron chi connectivity index (χ1n) is 10.4. The van der Waals surface area contributed by atoms with Crippen molar-refractivity contribution in [3.8, 4) is 0 Å². The fourth-order valence-corrected chi connectivity index (χ4v) is 3.38. The highest BCUT2D eigenvalue weighted by Gasteiger charge is 2.30. The van der Waals surface area contributed by atoms with Crippen molar-refractivity contribution < 1.29 is 22.4 Å². The maximum Gasteiger partial charge on any atom is 0.416 e. The van der Waals surface area contributed by atoms with Crippen molar-refractivity contribution >= 4 is 5.91 Å². The Morgan fingerprint density at radius 3 is 2.41 bits per heavy atom. The Hall–Kier alpha value is -3.06. The highest BCUT2D eigenvalue weighted by molar-refractivity contribution is 5.91.